The van der Waals surface area contributed by atoms with Crippen LogP contribution in [0.3, 0.4) is 0 Å². The maximum absolute atomic E-state index is 12.7. The van der Waals surface area contributed by atoms with Crippen LogP contribution in [0.25, 0.3) is 0 Å². The number of aromatic hydroxyl groups is 1. The van der Waals surface area contributed by atoms with Crippen LogP contribution >= 0.6 is 0 Å². The highest BCUT2D eigenvalue weighted by Crippen LogP contribution is 2.27. The molecule has 1 aliphatic rings. The molecule has 1 amide bonds. The van der Waals surface area contributed by atoms with Gasteiger partial charge in [-0.05, 0) is 17.7 Å². The van der Waals surface area contributed by atoms with Crippen LogP contribution < -0.4 is 4.90 Å². The lowest BCUT2D eigenvalue weighted by Crippen LogP contribution is -2.48. The number of hydrogen-bond acceptors (Lipinski definition) is 5. The van der Waals surface area contributed by atoms with Gasteiger partial charge in [-0.2, -0.15) is 0 Å². The van der Waals surface area contributed by atoms with Crippen LogP contribution in [0.5, 0.6) is 5.75 Å². The van der Waals surface area contributed by atoms with Gasteiger partial charge in [0.2, 0.25) is 0 Å². The predicted molar refractivity (Wildman–Crippen MR) is 102 cm³/mol. The van der Waals surface area contributed by atoms with Crippen molar-refractivity contribution in [2.75, 3.05) is 31.1 Å². The molecule has 7 nitrogen and oxygen atoms in total. The van der Waals surface area contributed by atoms with E-state index in [-0.39, 0.29) is 11.7 Å². The monoisotopic (exact) mass is 363 g/mol. The summed E-state index contributed by atoms with van der Waals surface area (Å²) in [7, 11) is 0. The van der Waals surface area contributed by atoms with Gasteiger partial charge in [-0.25, -0.2) is 4.68 Å². The summed E-state index contributed by atoms with van der Waals surface area (Å²) in [6, 6.07) is 17.2. The Labute approximate surface area is 157 Å². The first kappa shape index (κ1) is 17.1. The zero-order valence-electron chi connectivity index (χ0n) is 14.9. The summed E-state index contributed by atoms with van der Waals surface area (Å²) in [6.45, 7) is 3.09. The minimum Gasteiger partial charge on any atom is -0.506 e. The fourth-order valence-electron chi connectivity index (χ4n) is 3.29. The minimum atomic E-state index is -0.105. The Morgan fingerprint density at radius 2 is 1.67 bits per heavy atom. The molecule has 4 rings (SSSR count). The Bertz CT molecular complexity index is 917. The number of hydrogen-bond donors (Lipinski definition) is 1. The molecule has 0 aliphatic carbocycles. The van der Waals surface area contributed by atoms with E-state index < -0.39 is 0 Å². The van der Waals surface area contributed by atoms with Crippen molar-refractivity contribution in [2.45, 2.75) is 6.54 Å². The third kappa shape index (κ3) is 3.76. The number of anilines is 1. The lowest BCUT2D eigenvalue weighted by Gasteiger charge is -2.35. The molecular formula is C20H21N5O2. The SMILES string of the molecule is O=C(c1cn(Cc2ccccc2)nn1)N1CCN(c2ccccc2O)CC1. The van der Waals surface area contributed by atoms with E-state index in [1.54, 1.807) is 27.9 Å². The molecule has 1 fully saturated rings. The van der Waals surface area contributed by atoms with Gasteiger partial charge in [0.05, 0.1) is 18.4 Å². The Kier molecular flexibility index (Phi) is 4.74. The van der Waals surface area contributed by atoms with Gasteiger partial charge in [-0.15, -0.1) is 5.10 Å². The Morgan fingerprint density at radius 1 is 0.963 bits per heavy atom. The van der Waals surface area contributed by atoms with E-state index in [1.807, 2.05) is 42.5 Å². The largest absolute Gasteiger partial charge is 0.506 e. The number of carbonyl (C=O) groups is 1. The van der Waals surface area contributed by atoms with Crippen molar-refractivity contribution < 1.29 is 9.90 Å². The first-order valence-corrected chi connectivity index (χ1v) is 8.97. The number of phenolic OH excluding ortho intramolecular Hbond substituents is 1. The summed E-state index contributed by atoms with van der Waals surface area (Å²) in [6.07, 6.45) is 1.70. The second kappa shape index (κ2) is 7.49. The molecule has 1 N–H and O–H groups in total. The van der Waals surface area contributed by atoms with Gasteiger partial charge in [0.1, 0.15) is 5.75 Å². The third-order valence-corrected chi connectivity index (χ3v) is 4.73. The van der Waals surface area contributed by atoms with Crippen molar-refractivity contribution in [3.8, 4) is 5.75 Å². The van der Waals surface area contributed by atoms with Crippen molar-refractivity contribution in [3.63, 3.8) is 0 Å². The number of aromatic nitrogens is 3. The van der Waals surface area contributed by atoms with Crippen LogP contribution in [-0.2, 0) is 6.54 Å². The van der Waals surface area contributed by atoms with Gasteiger partial charge >= 0.3 is 0 Å². The lowest BCUT2D eigenvalue weighted by molar-refractivity contribution is 0.0740. The fourth-order valence-corrected chi connectivity index (χ4v) is 3.29. The van der Waals surface area contributed by atoms with Crippen LogP contribution in [0.2, 0.25) is 0 Å². The molecule has 0 atom stereocenters. The van der Waals surface area contributed by atoms with Crippen LogP contribution in [-0.4, -0.2) is 57.1 Å². The number of amides is 1. The molecular weight excluding hydrogens is 342 g/mol. The van der Waals surface area contributed by atoms with E-state index in [1.165, 1.54) is 0 Å². The molecule has 0 unspecified atom stereocenters. The van der Waals surface area contributed by atoms with Crippen LogP contribution in [0.1, 0.15) is 16.1 Å². The van der Waals surface area contributed by atoms with Crippen LogP contribution in [0.15, 0.2) is 60.8 Å². The summed E-state index contributed by atoms with van der Waals surface area (Å²) in [5.41, 5.74) is 2.28. The maximum Gasteiger partial charge on any atom is 0.276 e. The lowest BCUT2D eigenvalue weighted by atomic mass is 10.2. The van der Waals surface area contributed by atoms with Gasteiger partial charge in [-0.3, -0.25) is 4.79 Å². The molecule has 27 heavy (non-hydrogen) atoms. The normalized spacial score (nSPS) is 14.4. The molecule has 1 aromatic heterocycles. The number of para-hydroxylation sites is 2. The molecule has 1 aliphatic heterocycles. The van der Waals surface area contributed by atoms with E-state index in [9.17, 15) is 9.90 Å². The van der Waals surface area contributed by atoms with E-state index in [2.05, 4.69) is 15.2 Å². The zero-order chi connectivity index (χ0) is 18.6. The number of nitrogens with zero attached hydrogens (tertiary/aromatic N) is 5. The average Bonchev–Trinajstić information content (AvgIpc) is 3.17. The van der Waals surface area contributed by atoms with Gasteiger partial charge in [-0.1, -0.05) is 47.7 Å². The first-order chi connectivity index (χ1) is 13.2. The quantitative estimate of drug-likeness (QED) is 0.767. The Balaban J connectivity index is 1.38. The summed E-state index contributed by atoms with van der Waals surface area (Å²) in [5.74, 6) is 0.160. The van der Waals surface area contributed by atoms with Gasteiger partial charge < -0.3 is 14.9 Å². The zero-order valence-corrected chi connectivity index (χ0v) is 14.9. The highest BCUT2D eigenvalue weighted by molar-refractivity contribution is 5.92. The summed E-state index contributed by atoms with van der Waals surface area (Å²) in [5, 5.41) is 18.1. The smallest absolute Gasteiger partial charge is 0.276 e. The van der Waals surface area contributed by atoms with E-state index >= 15 is 0 Å². The molecule has 0 bridgehead atoms. The third-order valence-electron chi connectivity index (χ3n) is 4.73. The summed E-state index contributed by atoms with van der Waals surface area (Å²) >= 11 is 0. The highest BCUT2D eigenvalue weighted by atomic mass is 16.3. The van der Waals surface area contributed by atoms with Crippen molar-refractivity contribution in [1.82, 2.24) is 19.9 Å². The highest BCUT2D eigenvalue weighted by Gasteiger charge is 2.25. The van der Waals surface area contributed by atoms with Crippen molar-refractivity contribution in [1.29, 1.82) is 0 Å². The van der Waals surface area contributed by atoms with E-state index in [4.69, 9.17) is 0 Å². The first-order valence-electron chi connectivity index (χ1n) is 8.97. The summed E-state index contributed by atoms with van der Waals surface area (Å²) < 4.78 is 1.68. The molecule has 0 radical (unpaired) electrons. The van der Waals surface area contributed by atoms with Crippen molar-refractivity contribution >= 4 is 11.6 Å². The van der Waals surface area contributed by atoms with Crippen molar-refractivity contribution in [2.24, 2.45) is 0 Å². The fraction of sp³-hybridized carbons (Fsp3) is 0.250. The number of carbonyl (C=O) groups excluding carboxylic acids is 1. The maximum atomic E-state index is 12.7. The van der Waals surface area contributed by atoms with Gasteiger partial charge in [0, 0.05) is 26.2 Å². The predicted octanol–water partition coefficient (Wildman–Crippen LogP) is 1.99. The van der Waals surface area contributed by atoms with Crippen molar-refractivity contribution in [3.05, 3.63) is 72.1 Å². The standard InChI is InChI=1S/C20H21N5O2/c26-19-9-5-4-8-18(19)23-10-12-24(13-11-23)20(27)17-15-25(22-21-17)14-16-6-2-1-3-7-16/h1-9,15,26H,10-14H2. The topological polar surface area (TPSA) is 74.5 Å². The second-order valence-corrected chi connectivity index (χ2v) is 6.55. The molecule has 3 aromatic rings. The Hall–Kier alpha value is -3.35. The van der Waals surface area contributed by atoms with Crippen LogP contribution in [0.4, 0.5) is 5.69 Å². The van der Waals surface area contributed by atoms with Crippen LogP contribution in [0, 0.1) is 0 Å². The average molecular weight is 363 g/mol. The molecule has 0 saturated carbocycles. The second-order valence-electron chi connectivity index (χ2n) is 6.55. The molecule has 2 aromatic carbocycles. The molecule has 1 saturated heterocycles. The molecule has 2 heterocycles. The van der Waals surface area contributed by atoms with E-state index in [0.717, 1.165) is 11.3 Å². The molecule has 138 valence electrons. The number of piperazine rings is 1. The number of rotatable bonds is 4. The van der Waals surface area contributed by atoms with Gasteiger partial charge in [0.25, 0.3) is 5.91 Å². The number of phenols is 1. The molecule has 0 spiro atoms. The Morgan fingerprint density at radius 3 is 2.41 bits per heavy atom. The van der Waals surface area contributed by atoms with Gasteiger partial charge in [0.15, 0.2) is 5.69 Å². The van der Waals surface area contributed by atoms with E-state index in [0.29, 0.717) is 38.4 Å². The number of benzene rings is 2. The molecule has 7 heteroatoms. The summed E-state index contributed by atoms with van der Waals surface area (Å²) in [4.78, 5) is 16.6. The minimum absolute atomic E-state index is 0.105.